The van der Waals surface area contributed by atoms with Gasteiger partial charge < -0.3 is 5.32 Å². The molecule has 1 aliphatic rings. The first kappa shape index (κ1) is 16.4. The van der Waals surface area contributed by atoms with Crippen LogP contribution in [0.25, 0.3) is 0 Å². The van der Waals surface area contributed by atoms with E-state index in [1.54, 1.807) is 23.1 Å². The third kappa shape index (κ3) is 3.92. The molecular weight excluding hydrogens is 330 g/mol. The number of aryl methyl sites for hydroxylation is 2. The van der Waals surface area contributed by atoms with Crippen molar-refractivity contribution in [3.05, 3.63) is 22.0 Å². The molecule has 2 aromatic rings. The highest BCUT2D eigenvalue weighted by atomic mass is 32.2. The van der Waals surface area contributed by atoms with Gasteiger partial charge in [-0.25, -0.2) is 0 Å². The van der Waals surface area contributed by atoms with E-state index < -0.39 is 0 Å². The van der Waals surface area contributed by atoms with Crippen LogP contribution >= 0.6 is 23.1 Å². The Morgan fingerprint density at radius 3 is 2.96 bits per heavy atom. The number of nitrogens with zero attached hydrogens (tertiary/aromatic N) is 4. The molecule has 2 heterocycles. The molecule has 0 fully saturated rings. The lowest BCUT2D eigenvalue weighted by molar-refractivity contribution is 0.0947. The molecule has 2 aromatic heterocycles. The Hall–Kier alpha value is -1.41. The van der Waals surface area contributed by atoms with Gasteiger partial charge >= 0.3 is 0 Å². The van der Waals surface area contributed by atoms with Gasteiger partial charge in [-0.3, -0.25) is 9.48 Å². The van der Waals surface area contributed by atoms with E-state index in [9.17, 15) is 4.79 Å². The number of hydrogen-bond acceptors (Lipinski definition) is 6. The summed E-state index contributed by atoms with van der Waals surface area (Å²) in [7, 11) is 1.93. The quantitative estimate of drug-likeness (QED) is 0.639. The van der Waals surface area contributed by atoms with Crippen molar-refractivity contribution in [1.29, 1.82) is 0 Å². The lowest BCUT2D eigenvalue weighted by atomic mass is 9.95. The van der Waals surface area contributed by atoms with E-state index in [4.69, 9.17) is 0 Å². The smallest absolute Gasteiger partial charge is 0.272 e. The number of aromatic nitrogens is 4. The fourth-order valence-electron chi connectivity index (χ4n) is 2.81. The van der Waals surface area contributed by atoms with Crippen LogP contribution in [0, 0.1) is 6.92 Å². The van der Waals surface area contributed by atoms with Crippen LogP contribution < -0.4 is 5.32 Å². The van der Waals surface area contributed by atoms with Crippen LogP contribution in [0.5, 0.6) is 0 Å². The summed E-state index contributed by atoms with van der Waals surface area (Å²) < 4.78 is 2.87. The number of hydrogen-bond donors (Lipinski definition) is 1. The number of nitrogens with one attached hydrogen (secondary N) is 1. The van der Waals surface area contributed by atoms with Gasteiger partial charge in [-0.2, -0.15) is 5.10 Å². The second-order valence-electron chi connectivity index (χ2n) is 5.65. The molecule has 23 heavy (non-hydrogen) atoms. The van der Waals surface area contributed by atoms with Gasteiger partial charge in [-0.05, 0) is 39.0 Å². The Labute approximate surface area is 144 Å². The number of thioether (sulfide) groups is 1. The molecule has 0 atom stereocenters. The average molecular weight is 352 g/mol. The van der Waals surface area contributed by atoms with Crippen LogP contribution in [0.2, 0.25) is 0 Å². The summed E-state index contributed by atoms with van der Waals surface area (Å²) in [4.78, 5) is 12.4. The third-order valence-electron chi connectivity index (χ3n) is 3.92. The Morgan fingerprint density at radius 2 is 2.17 bits per heavy atom. The highest BCUT2D eigenvalue weighted by molar-refractivity contribution is 8.01. The second kappa shape index (κ2) is 7.44. The number of amides is 1. The van der Waals surface area contributed by atoms with Crippen molar-refractivity contribution in [3.63, 3.8) is 0 Å². The van der Waals surface area contributed by atoms with Crippen LogP contribution in [0.3, 0.4) is 0 Å². The molecule has 1 N–H and O–H groups in total. The minimum Gasteiger partial charge on any atom is -0.351 e. The van der Waals surface area contributed by atoms with Gasteiger partial charge in [0.1, 0.15) is 5.01 Å². The molecule has 124 valence electrons. The molecule has 8 heteroatoms. The van der Waals surface area contributed by atoms with E-state index in [1.165, 1.54) is 12.1 Å². The van der Waals surface area contributed by atoms with Gasteiger partial charge in [-0.1, -0.05) is 23.1 Å². The van der Waals surface area contributed by atoms with Gasteiger partial charge in [0.2, 0.25) is 0 Å². The molecule has 0 aliphatic heterocycles. The maximum atomic E-state index is 12.4. The maximum absolute atomic E-state index is 12.4. The van der Waals surface area contributed by atoms with Crippen molar-refractivity contribution < 1.29 is 4.79 Å². The molecule has 0 bridgehead atoms. The van der Waals surface area contributed by atoms with E-state index in [0.29, 0.717) is 12.2 Å². The summed E-state index contributed by atoms with van der Waals surface area (Å²) in [5, 5.41) is 16.5. The average Bonchev–Trinajstić information content (AvgIpc) is 3.11. The zero-order chi connectivity index (χ0) is 16.2. The van der Waals surface area contributed by atoms with Crippen LogP contribution in [0.15, 0.2) is 4.34 Å². The van der Waals surface area contributed by atoms with E-state index in [1.807, 2.05) is 18.7 Å². The van der Waals surface area contributed by atoms with Crippen molar-refractivity contribution in [2.45, 2.75) is 43.4 Å². The van der Waals surface area contributed by atoms with Crippen LogP contribution in [0.4, 0.5) is 0 Å². The van der Waals surface area contributed by atoms with Crippen LogP contribution in [-0.2, 0) is 19.9 Å². The molecule has 1 amide bonds. The summed E-state index contributed by atoms with van der Waals surface area (Å²) in [6.07, 6.45) is 5.25. The molecule has 3 rings (SSSR count). The van der Waals surface area contributed by atoms with Gasteiger partial charge in [-0.15, -0.1) is 10.2 Å². The predicted octanol–water partition coefficient (Wildman–Crippen LogP) is 2.37. The van der Waals surface area contributed by atoms with Gasteiger partial charge in [0.15, 0.2) is 10.0 Å². The maximum Gasteiger partial charge on any atom is 0.272 e. The standard InChI is InChI=1S/C15H21N5OS2/c1-10-17-18-15(23-10)22-9-5-8-16-14(21)13-11-6-3-4-7-12(11)20(2)19-13/h3-9H2,1-2H3,(H,16,21). The molecule has 0 saturated heterocycles. The lowest BCUT2D eigenvalue weighted by Gasteiger charge is -2.12. The Balaban J connectivity index is 1.46. The molecule has 0 aromatic carbocycles. The van der Waals surface area contributed by atoms with E-state index in [-0.39, 0.29) is 5.91 Å². The van der Waals surface area contributed by atoms with Crippen molar-refractivity contribution in [2.24, 2.45) is 7.05 Å². The van der Waals surface area contributed by atoms with Gasteiger partial charge in [0.05, 0.1) is 0 Å². The van der Waals surface area contributed by atoms with Crippen LogP contribution in [-0.4, -0.2) is 38.2 Å². The number of fused-ring (bicyclic) bond motifs is 1. The Bertz CT molecular complexity index is 694. The molecule has 6 nitrogen and oxygen atoms in total. The van der Waals surface area contributed by atoms with Crippen molar-refractivity contribution in [3.8, 4) is 0 Å². The third-order valence-corrected chi connectivity index (χ3v) is 5.98. The number of rotatable bonds is 6. The Kier molecular flexibility index (Phi) is 5.32. The summed E-state index contributed by atoms with van der Waals surface area (Å²) in [6, 6.07) is 0. The van der Waals surface area contributed by atoms with E-state index >= 15 is 0 Å². The topological polar surface area (TPSA) is 72.7 Å². The fourth-order valence-corrected chi connectivity index (χ4v) is 4.63. The molecule has 0 saturated carbocycles. The van der Waals surface area contributed by atoms with Gasteiger partial charge in [0.25, 0.3) is 5.91 Å². The lowest BCUT2D eigenvalue weighted by Crippen LogP contribution is -2.26. The largest absolute Gasteiger partial charge is 0.351 e. The van der Waals surface area contributed by atoms with Gasteiger partial charge in [0, 0.05) is 30.6 Å². The molecule has 0 unspecified atom stereocenters. The molecular formula is C15H21N5OS2. The van der Waals surface area contributed by atoms with Crippen molar-refractivity contribution >= 4 is 29.0 Å². The van der Waals surface area contributed by atoms with E-state index in [2.05, 4.69) is 20.6 Å². The molecule has 0 radical (unpaired) electrons. The van der Waals surface area contributed by atoms with Crippen molar-refractivity contribution in [2.75, 3.05) is 12.3 Å². The minimum atomic E-state index is -0.0412. The highest BCUT2D eigenvalue weighted by Crippen LogP contribution is 2.24. The highest BCUT2D eigenvalue weighted by Gasteiger charge is 2.23. The SMILES string of the molecule is Cc1nnc(SCCCNC(=O)c2nn(C)c3c2CCCC3)s1. The summed E-state index contributed by atoms with van der Waals surface area (Å²) in [6.45, 7) is 2.62. The zero-order valence-electron chi connectivity index (χ0n) is 13.5. The fraction of sp³-hybridized carbons (Fsp3) is 0.600. The number of carbonyl (C=O) groups excluding carboxylic acids is 1. The van der Waals surface area contributed by atoms with E-state index in [0.717, 1.165) is 46.3 Å². The molecule has 0 spiro atoms. The normalized spacial score (nSPS) is 13.8. The summed E-state index contributed by atoms with van der Waals surface area (Å²) >= 11 is 3.30. The second-order valence-corrected chi connectivity index (χ2v) is 8.17. The Morgan fingerprint density at radius 1 is 1.35 bits per heavy atom. The van der Waals surface area contributed by atoms with Crippen LogP contribution in [0.1, 0.15) is 46.0 Å². The summed E-state index contributed by atoms with van der Waals surface area (Å²) in [5.41, 5.74) is 2.99. The number of carbonyl (C=O) groups is 1. The minimum absolute atomic E-state index is 0.0412. The zero-order valence-corrected chi connectivity index (χ0v) is 15.1. The van der Waals surface area contributed by atoms with Crippen molar-refractivity contribution in [1.82, 2.24) is 25.3 Å². The predicted molar refractivity (Wildman–Crippen MR) is 92.2 cm³/mol. The first-order valence-corrected chi connectivity index (χ1v) is 9.71. The monoisotopic (exact) mass is 351 g/mol. The summed E-state index contributed by atoms with van der Waals surface area (Å²) in [5.74, 6) is 0.885. The first-order valence-electron chi connectivity index (χ1n) is 7.91. The first-order chi connectivity index (χ1) is 11.1. The molecule has 1 aliphatic carbocycles.